The number of likely N-dealkylation sites (N-methyl/N-ethyl adjacent to an activating group) is 1. The summed E-state index contributed by atoms with van der Waals surface area (Å²) in [7, 11) is 4.15. The summed E-state index contributed by atoms with van der Waals surface area (Å²) in [5.41, 5.74) is 0. The van der Waals surface area contributed by atoms with Crippen molar-refractivity contribution >= 4 is 11.8 Å². The van der Waals surface area contributed by atoms with E-state index in [4.69, 9.17) is 4.74 Å². The molecular weight excluding hydrogens is 258 g/mol. The third-order valence-corrected chi connectivity index (χ3v) is 3.38. The maximum absolute atomic E-state index is 11.7. The molecule has 0 aliphatic carbocycles. The molecule has 1 saturated heterocycles. The van der Waals surface area contributed by atoms with Crippen LogP contribution in [0, 0.1) is 0 Å². The topological polar surface area (TPSA) is 53.1 Å². The molecule has 0 aromatic carbocycles. The molecule has 1 heterocycles. The molecule has 0 aromatic heterocycles. The number of ether oxygens (including phenoxy) is 1. The van der Waals surface area contributed by atoms with Gasteiger partial charge in [-0.1, -0.05) is 0 Å². The fourth-order valence-electron chi connectivity index (χ4n) is 2.19. The van der Waals surface area contributed by atoms with Crippen LogP contribution in [0.4, 0.5) is 0 Å². The van der Waals surface area contributed by atoms with Gasteiger partial charge in [-0.2, -0.15) is 0 Å². The minimum Gasteiger partial charge on any atom is -0.466 e. The lowest BCUT2D eigenvalue weighted by Crippen LogP contribution is -2.49. The fourth-order valence-corrected chi connectivity index (χ4v) is 2.19. The van der Waals surface area contributed by atoms with Crippen LogP contribution in [-0.4, -0.2) is 93.0 Å². The molecule has 1 rings (SSSR count). The van der Waals surface area contributed by atoms with Crippen LogP contribution in [0.2, 0.25) is 0 Å². The first-order chi connectivity index (χ1) is 9.51. The second-order valence-electron chi connectivity index (χ2n) is 5.44. The Morgan fingerprint density at radius 2 is 1.70 bits per heavy atom. The van der Waals surface area contributed by atoms with Gasteiger partial charge in [0.15, 0.2) is 5.78 Å². The number of hydrogen-bond donors (Lipinski definition) is 0. The molecule has 0 unspecified atom stereocenters. The monoisotopic (exact) mass is 285 g/mol. The van der Waals surface area contributed by atoms with Crippen LogP contribution in [0.5, 0.6) is 0 Å². The van der Waals surface area contributed by atoms with Gasteiger partial charge in [0, 0.05) is 39.3 Å². The predicted octanol–water partition coefficient (Wildman–Crippen LogP) is -0.312. The lowest BCUT2D eigenvalue weighted by molar-refractivity contribution is -0.145. The maximum Gasteiger partial charge on any atom is 0.313 e. The molecule has 0 atom stereocenters. The second kappa shape index (κ2) is 9.05. The molecule has 0 spiro atoms. The van der Waals surface area contributed by atoms with Crippen molar-refractivity contribution in [1.29, 1.82) is 0 Å². The Balaban J connectivity index is 2.18. The first-order valence-electron chi connectivity index (χ1n) is 7.28. The summed E-state index contributed by atoms with van der Waals surface area (Å²) in [5, 5.41) is 0. The van der Waals surface area contributed by atoms with E-state index in [2.05, 4.69) is 28.8 Å². The Kier molecular flexibility index (Phi) is 7.72. The van der Waals surface area contributed by atoms with Gasteiger partial charge in [0.1, 0.15) is 6.42 Å². The first kappa shape index (κ1) is 17.1. The van der Waals surface area contributed by atoms with Gasteiger partial charge < -0.3 is 9.64 Å². The Bertz CT molecular complexity index is 313. The number of hydrogen-bond acceptors (Lipinski definition) is 6. The van der Waals surface area contributed by atoms with Gasteiger partial charge in [0.2, 0.25) is 0 Å². The fraction of sp³-hybridized carbons (Fsp3) is 0.857. The minimum absolute atomic E-state index is 0.0507. The summed E-state index contributed by atoms with van der Waals surface area (Å²) in [6.07, 6.45) is -0.102. The quantitative estimate of drug-likeness (QED) is 0.450. The van der Waals surface area contributed by atoms with Gasteiger partial charge >= 0.3 is 5.97 Å². The lowest BCUT2D eigenvalue weighted by Gasteiger charge is -2.34. The molecular formula is C14H27N3O3. The molecule has 1 fully saturated rings. The molecule has 1 aliphatic rings. The van der Waals surface area contributed by atoms with Crippen LogP contribution in [0.3, 0.4) is 0 Å². The molecule has 6 heteroatoms. The van der Waals surface area contributed by atoms with Crippen LogP contribution >= 0.6 is 0 Å². The van der Waals surface area contributed by atoms with Crippen molar-refractivity contribution in [1.82, 2.24) is 14.7 Å². The van der Waals surface area contributed by atoms with Gasteiger partial charge in [-0.05, 0) is 21.0 Å². The lowest BCUT2D eigenvalue weighted by atomic mass is 10.2. The maximum atomic E-state index is 11.7. The van der Waals surface area contributed by atoms with E-state index in [9.17, 15) is 9.59 Å². The molecule has 0 radical (unpaired) electrons. The van der Waals surface area contributed by atoms with Gasteiger partial charge in [-0.15, -0.1) is 0 Å². The van der Waals surface area contributed by atoms with E-state index in [-0.39, 0.29) is 12.2 Å². The first-order valence-corrected chi connectivity index (χ1v) is 7.28. The number of esters is 1. The van der Waals surface area contributed by atoms with E-state index in [1.807, 2.05) is 0 Å². The van der Waals surface area contributed by atoms with E-state index >= 15 is 0 Å². The van der Waals surface area contributed by atoms with Crippen LogP contribution < -0.4 is 0 Å². The summed E-state index contributed by atoms with van der Waals surface area (Å²) in [6.45, 7) is 8.32. The number of piperazine rings is 1. The molecule has 0 N–H and O–H groups in total. The van der Waals surface area contributed by atoms with Crippen molar-refractivity contribution in [2.24, 2.45) is 0 Å². The van der Waals surface area contributed by atoms with E-state index in [1.165, 1.54) is 0 Å². The third-order valence-electron chi connectivity index (χ3n) is 3.38. The molecule has 1 aliphatic heterocycles. The zero-order chi connectivity index (χ0) is 15.0. The number of carbonyl (C=O) groups is 2. The predicted molar refractivity (Wildman–Crippen MR) is 77.7 cm³/mol. The molecule has 6 nitrogen and oxygen atoms in total. The number of rotatable bonds is 8. The zero-order valence-electron chi connectivity index (χ0n) is 12.9. The highest BCUT2D eigenvalue weighted by atomic mass is 16.5. The van der Waals surface area contributed by atoms with Crippen molar-refractivity contribution in [2.75, 3.05) is 66.5 Å². The summed E-state index contributed by atoms with van der Waals surface area (Å²) in [4.78, 5) is 29.7. The average molecular weight is 285 g/mol. The van der Waals surface area contributed by atoms with Gasteiger partial charge in [0.25, 0.3) is 0 Å². The number of ketones is 1. The van der Waals surface area contributed by atoms with E-state index in [1.54, 1.807) is 6.92 Å². The standard InChI is InChI=1S/C14H27N3O3/c1-4-20-14(19)11-13(18)12-17-9-7-16(8-10-17)6-5-15(2)3/h4-12H2,1-3H3. The molecule has 20 heavy (non-hydrogen) atoms. The van der Waals surface area contributed by atoms with Crippen LogP contribution in [0.1, 0.15) is 13.3 Å². The van der Waals surface area contributed by atoms with Crippen molar-refractivity contribution < 1.29 is 14.3 Å². The van der Waals surface area contributed by atoms with E-state index in [0.717, 1.165) is 39.3 Å². The normalized spacial score (nSPS) is 17.4. The second-order valence-corrected chi connectivity index (χ2v) is 5.44. The minimum atomic E-state index is -0.415. The highest BCUT2D eigenvalue weighted by Gasteiger charge is 2.20. The highest BCUT2D eigenvalue weighted by Crippen LogP contribution is 2.02. The van der Waals surface area contributed by atoms with Gasteiger partial charge in [-0.25, -0.2) is 0 Å². The Morgan fingerprint density at radius 1 is 1.10 bits per heavy atom. The highest BCUT2D eigenvalue weighted by molar-refractivity contribution is 5.96. The molecule has 0 aromatic rings. The van der Waals surface area contributed by atoms with Crippen LogP contribution in [-0.2, 0) is 14.3 Å². The van der Waals surface area contributed by atoms with Crippen molar-refractivity contribution in [3.8, 4) is 0 Å². The number of nitrogens with zero attached hydrogens (tertiary/aromatic N) is 3. The van der Waals surface area contributed by atoms with E-state index in [0.29, 0.717) is 13.2 Å². The van der Waals surface area contributed by atoms with Crippen LogP contribution in [0.25, 0.3) is 0 Å². The zero-order valence-corrected chi connectivity index (χ0v) is 12.9. The largest absolute Gasteiger partial charge is 0.466 e. The molecule has 0 amide bonds. The van der Waals surface area contributed by atoms with Gasteiger partial charge in [0.05, 0.1) is 13.2 Å². The molecule has 0 bridgehead atoms. The van der Waals surface area contributed by atoms with Crippen molar-refractivity contribution in [2.45, 2.75) is 13.3 Å². The Labute approximate surface area is 121 Å². The number of carbonyl (C=O) groups excluding carboxylic acids is 2. The molecule has 0 saturated carbocycles. The van der Waals surface area contributed by atoms with Crippen LogP contribution in [0.15, 0.2) is 0 Å². The average Bonchev–Trinajstić information content (AvgIpc) is 2.37. The van der Waals surface area contributed by atoms with E-state index < -0.39 is 5.97 Å². The summed E-state index contributed by atoms with van der Waals surface area (Å²) in [5.74, 6) is -0.465. The summed E-state index contributed by atoms with van der Waals surface area (Å²) < 4.78 is 4.78. The SMILES string of the molecule is CCOC(=O)CC(=O)CN1CCN(CCN(C)C)CC1. The van der Waals surface area contributed by atoms with Crippen molar-refractivity contribution in [3.63, 3.8) is 0 Å². The third kappa shape index (κ3) is 6.98. The molecule has 116 valence electrons. The Hall–Kier alpha value is -0.980. The van der Waals surface area contributed by atoms with Gasteiger partial charge in [-0.3, -0.25) is 19.4 Å². The summed E-state index contributed by atoms with van der Waals surface area (Å²) >= 11 is 0. The smallest absolute Gasteiger partial charge is 0.313 e. The number of Topliss-reactive ketones (excluding diaryl/α,β-unsaturated/α-hetero) is 1. The van der Waals surface area contributed by atoms with Crippen molar-refractivity contribution in [3.05, 3.63) is 0 Å². The summed E-state index contributed by atoms with van der Waals surface area (Å²) in [6, 6.07) is 0. The Morgan fingerprint density at radius 3 is 2.25 bits per heavy atom.